The molecular formula is C20H13F9S. The van der Waals surface area contributed by atoms with E-state index >= 15 is 8.78 Å². The van der Waals surface area contributed by atoms with Crippen LogP contribution in [-0.4, -0.2) is 6.17 Å². The second-order valence-corrected chi connectivity index (χ2v) is 7.66. The lowest BCUT2D eigenvalue weighted by Gasteiger charge is -2.39. The largest absolute Gasteiger partial charge is 0.238 e. The molecule has 0 radical (unpaired) electrons. The number of hydrogen-bond acceptors (Lipinski definition) is 1. The van der Waals surface area contributed by atoms with Gasteiger partial charge >= 0.3 is 0 Å². The highest BCUT2D eigenvalue weighted by Gasteiger charge is 2.57. The van der Waals surface area contributed by atoms with Crippen LogP contribution in [0.15, 0.2) is 40.8 Å². The minimum Gasteiger partial charge on any atom is -0.238 e. The van der Waals surface area contributed by atoms with Gasteiger partial charge in [-0.05, 0) is 17.9 Å². The fourth-order valence-corrected chi connectivity index (χ4v) is 4.36. The molecule has 30 heavy (non-hydrogen) atoms. The maximum absolute atomic E-state index is 15.1. The Morgan fingerprint density at radius 3 is 2.10 bits per heavy atom. The van der Waals surface area contributed by atoms with Gasteiger partial charge in [0.25, 0.3) is 0 Å². The molecule has 1 heterocycles. The quantitative estimate of drug-likeness (QED) is 0.243. The molecule has 1 aromatic heterocycles. The van der Waals surface area contributed by atoms with E-state index in [1.165, 1.54) is 18.4 Å². The van der Waals surface area contributed by atoms with Gasteiger partial charge in [-0.1, -0.05) is 25.8 Å². The lowest BCUT2D eigenvalue weighted by Crippen LogP contribution is -2.43. The van der Waals surface area contributed by atoms with Crippen molar-refractivity contribution in [1.82, 2.24) is 0 Å². The van der Waals surface area contributed by atoms with Crippen molar-refractivity contribution in [3.8, 4) is 10.4 Å². The van der Waals surface area contributed by atoms with Crippen LogP contribution in [0.4, 0.5) is 39.5 Å². The zero-order valence-electron chi connectivity index (χ0n) is 15.2. The second-order valence-electron chi connectivity index (χ2n) is 6.71. The zero-order chi connectivity index (χ0) is 22.4. The molecule has 0 saturated heterocycles. The molecule has 0 bridgehead atoms. The molecule has 1 aliphatic carbocycles. The first-order chi connectivity index (χ1) is 14.1. The summed E-state index contributed by atoms with van der Waals surface area (Å²) < 4.78 is 130. The molecule has 2 atom stereocenters. The first-order valence-corrected chi connectivity index (χ1v) is 9.64. The summed E-state index contributed by atoms with van der Waals surface area (Å²) in [4.78, 5) is -0.271. The lowest BCUT2D eigenvalue weighted by molar-refractivity contribution is 0.153. The Morgan fingerprint density at radius 1 is 0.900 bits per heavy atom. The molecule has 0 spiro atoms. The Morgan fingerprint density at radius 2 is 1.53 bits per heavy atom. The molecule has 0 amide bonds. The number of unbranched alkanes of at least 4 members (excludes halogenated alkanes) is 1. The predicted molar refractivity (Wildman–Crippen MR) is 94.2 cm³/mol. The van der Waals surface area contributed by atoms with Crippen LogP contribution < -0.4 is 0 Å². The van der Waals surface area contributed by atoms with Gasteiger partial charge in [-0.2, -0.15) is 0 Å². The van der Waals surface area contributed by atoms with Crippen LogP contribution in [0.2, 0.25) is 0 Å². The molecule has 0 nitrogen and oxygen atoms in total. The molecule has 0 N–H and O–H groups in total. The van der Waals surface area contributed by atoms with E-state index in [4.69, 9.17) is 0 Å². The number of alkyl halides is 1. The van der Waals surface area contributed by atoms with Gasteiger partial charge in [0.1, 0.15) is 0 Å². The molecule has 1 aromatic carbocycles. The van der Waals surface area contributed by atoms with E-state index in [-0.39, 0.29) is 17.7 Å². The van der Waals surface area contributed by atoms with E-state index in [9.17, 15) is 30.7 Å². The van der Waals surface area contributed by atoms with Crippen LogP contribution in [0, 0.1) is 23.3 Å². The third-order valence-corrected chi connectivity index (χ3v) is 5.93. The van der Waals surface area contributed by atoms with Gasteiger partial charge in [0.15, 0.2) is 52.7 Å². The highest BCUT2D eigenvalue weighted by atomic mass is 32.1. The van der Waals surface area contributed by atoms with E-state index < -0.39 is 75.7 Å². The number of halogens is 9. The van der Waals surface area contributed by atoms with Crippen molar-refractivity contribution in [3.63, 3.8) is 0 Å². The van der Waals surface area contributed by atoms with Crippen LogP contribution in [0.3, 0.4) is 0 Å². The molecule has 10 heteroatoms. The van der Waals surface area contributed by atoms with Crippen molar-refractivity contribution in [1.29, 1.82) is 0 Å². The van der Waals surface area contributed by atoms with Crippen molar-refractivity contribution < 1.29 is 39.5 Å². The molecule has 0 saturated carbocycles. The molecule has 0 aliphatic heterocycles. The van der Waals surface area contributed by atoms with Crippen molar-refractivity contribution in [2.24, 2.45) is 0 Å². The van der Waals surface area contributed by atoms with E-state index in [1.807, 2.05) is 0 Å². The number of benzene rings is 1. The predicted octanol–water partition coefficient (Wildman–Crippen LogP) is 8.05. The Balaban J connectivity index is 2.52. The molecule has 162 valence electrons. The number of thiophene rings is 1. The molecule has 2 aromatic rings. The van der Waals surface area contributed by atoms with Gasteiger partial charge in [-0.3, -0.25) is 0 Å². The molecule has 3 rings (SSSR count). The van der Waals surface area contributed by atoms with Gasteiger partial charge in [0, 0.05) is 16.0 Å². The Hall–Kier alpha value is -2.23. The topological polar surface area (TPSA) is 0 Å². The van der Waals surface area contributed by atoms with Crippen molar-refractivity contribution in [2.75, 3.05) is 0 Å². The Labute approximate surface area is 169 Å². The standard InChI is InChI=1S/C20H13F9S/c1-2-3-6-20(18(28)16(26)15(25)17(27)19(20)29)10-9(8-5-4-7-30-8)11(21)13(23)14(24)12(10)22/h4-5,7,18H,2-3,6H2,1H3. The number of hydrogen-bond donors (Lipinski definition) is 0. The Kier molecular flexibility index (Phi) is 6.08. The van der Waals surface area contributed by atoms with Gasteiger partial charge in [0.2, 0.25) is 0 Å². The first-order valence-electron chi connectivity index (χ1n) is 8.76. The molecule has 0 fully saturated rings. The number of allylic oxidation sites excluding steroid dienone is 4. The molecule has 2 unspecified atom stereocenters. The Bertz CT molecular complexity index is 1040. The summed E-state index contributed by atoms with van der Waals surface area (Å²) in [5.74, 6) is -18.4. The summed E-state index contributed by atoms with van der Waals surface area (Å²) in [7, 11) is 0. The lowest BCUT2D eigenvalue weighted by atomic mass is 9.67. The summed E-state index contributed by atoms with van der Waals surface area (Å²) in [5.41, 5.74) is -5.81. The highest BCUT2D eigenvalue weighted by Crippen LogP contribution is 2.55. The average molecular weight is 456 g/mol. The second kappa shape index (κ2) is 8.13. The third-order valence-electron chi connectivity index (χ3n) is 5.05. The summed E-state index contributed by atoms with van der Waals surface area (Å²) in [6.07, 6.45) is -4.22. The first kappa shape index (κ1) is 22.5. The van der Waals surface area contributed by atoms with Crippen LogP contribution in [0.5, 0.6) is 0 Å². The van der Waals surface area contributed by atoms with E-state index in [0.717, 1.165) is 6.07 Å². The van der Waals surface area contributed by atoms with E-state index in [1.54, 1.807) is 0 Å². The van der Waals surface area contributed by atoms with Crippen LogP contribution in [-0.2, 0) is 5.41 Å². The van der Waals surface area contributed by atoms with Crippen molar-refractivity contribution in [2.45, 2.75) is 37.8 Å². The highest BCUT2D eigenvalue weighted by molar-refractivity contribution is 7.13. The van der Waals surface area contributed by atoms with Crippen molar-refractivity contribution >= 4 is 11.3 Å². The van der Waals surface area contributed by atoms with Crippen LogP contribution >= 0.6 is 11.3 Å². The monoisotopic (exact) mass is 456 g/mol. The molecule has 1 aliphatic rings. The fourth-order valence-electron chi connectivity index (χ4n) is 3.59. The van der Waals surface area contributed by atoms with E-state index in [2.05, 4.69) is 0 Å². The van der Waals surface area contributed by atoms with Crippen LogP contribution in [0.25, 0.3) is 10.4 Å². The third kappa shape index (κ3) is 3.07. The summed E-state index contributed by atoms with van der Waals surface area (Å²) in [6, 6.07) is 2.43. The zero-order valence-corrected chi connectivity index (χ0v) is 16.1. The number of rotatable bonds is 5. The van der Waals surface area contributed by atoms with Gasteiger partial charge in [-0.25, -0.2) is 39.5 Å². The minimum absolute atomic E-state index is 0.180. The maximum Gasteiger partial charge on any atom is 0.198 e. The van der Waals surface area contributed by atoms with Gasteiger partial charge in [0.05, 0.1) is 5.41 Å². The summed E-state index contributed by atoms with van der Waals surface area (Å²) >= 11 is 0.688. The average Bonchev–Trinajstić information content (AvgIpc) is 3.27. The fraction of sp³-hybridized carbons (Fsp3) is 0.300. The normalized spacial score (nSPS) is 22.3. The maximum atomic E-state index is 15.1. The minimum atomic E-state index is -3.35. The molecular weight excluding hydrogens is 443 g/mol. The van der Waals surface area contributed by atoms with Crippen molar-refractivity contribution in [3.05, 3.63) is 69.7 Å². The van der Waals surface area contributed by atoms with E-state index in [0.29, 0.717) is 11.3 Å². The van der Waals surface area contributed by atoms with Gasteiger partial charge in [-0.15, -0.1) is 11.3 Å². The SMILES string of the molecule is CCCCC1(c2c(F)c(F)c(F)c(F)c2-c2cccs2)C(F)=C(F)C(F)=C(F)C1F. The smallest absolute Gasteiger partial charge is 0.198 e. The summed E-state index contributed by atoms with van der Waals surface area (Å²) in [5, 5.41) is 1.33. The summed E-state index contributed by atoms with van der Waals surface area (Å²) in [6.45, 7) is 1.52. The van der Waals surface area contributed by atoms with Crippen LogP contribution in [0.1, 0.15) is 31.7 Å². The van der Waals surface area contributed by atoms with Gasteiger partial charge < -0.3 is 0 Å².